The van der Waals surface area contributed by atoms with Gasteiger partial charge >= 0.3 is 0 Å². The Hall–Kier alpha value is -2.81. The van der Waals surface area contributed by atoms with Gasteiger partial charge in [0.15, 0.2) is 0 Å². The van der Waals surface area contributed by atoms with Gasteiger partial charge in [-0.2, -0.15) is 5.26 Å². The number of benzene rings is 2. The maximum absolute atomic E-state index is 10.0. The molecule has 1 fully saturated rings. The molecule has 5 heteroatoms. The summed E-state index contributed by atoms with van der Waals surface area (Å²) in [4.78, 5) is 8.44. The van der Waals surface area contributed by atoms with E-state index in [-0.39, 0.29) is 0 Å². The number of piperidine rings is 1. The maximum Gasteiger partial charge on any atom is 0.118 e. The van der Waals surface area contributed by atoms with Gasteiger partial charge in [-0.1, -0.05) is 36.8 Å². The summed E-state index contributed by atoms with van der Waals surface area (Å²) >= 11 is 1.76. The van der Waals surface area contributed by atoms with Crippen LogP contribution in [-0.4, -0.2) is 42.4 Å². The summed E-state index contributed by atoms with van der Waals surface area (Å²) in [5.41, 5.74) is 4.26. The van der Waals surface area contributed by atoms with Crippen LogP contribution in [0, 0.1) is 11.3 Å². The Kier molecular flexibility index (Phi) is 7.24. The first-order valence-corrected chi connectivity index (χ1v) is 11.8. The van der Waals surface area contributed by atoms with Crippen LogP contribution in [0.1, 0.15) is 24.8 Å². The monoisotopic (exact) mass is 429 g/mol. The van der Waals surface area contributed by atoms with Gasteiger partial charge in [0.2, 0.25) is 0 Å². The van der Waals surface area contributed by atoms with Gasteiger partial charge in [0.1, 0.15) is 11.8 Å². The van der Waals surface area contributed by atoms with Crippen LogP contribution in [0.4, 0.5) is 0 Å². The van der Waals surface area contributed by atoms with E-state index < -0.39 is 0 Å². The largest absolute Gasteiger partial charge is 0.497 e. The lowest BCUT2D eigenvalue weighted by Gasteiger charge is -2.26. The normalized spacial score (nSPS) is 14.2. The van der Waals surface area contributed by atoms with Gasteiger partial charge < -0.3 is 9.64 Å². The number of hydrogen-bond donors (Lipinski definition) is 0. The van der Waals surface area contributed by atoms with E-state index >= 15 is 0 Å². The molecule has 4 rings (SSSR count). The summed E-state index contributed by atoms with van der Waals surface area (Å²) in [6.07, 6.45) is 3.94. The third-order valence-electron chi connectivity index (χ3n) is 5.64. The highest BCUT2D eigenvalue weighted by Gasteiger charge is 2.17. The first-order valence-electron chi connectivity index (χ1n) is 10.8. The first kappa shape index (κ1) is 21.4. The van der Waals surface area contributed by atoms with Crippen molar-refractivity contribution in [1.29, 1.82) is 5.26 Å². The van der Waals surface area contributed by atoms with E-state index in [0.29, 0.717) is 5.56 Å². The highest BCUT2D eigenvalue weighted by atomic mass is 32.2. The van der Waals surface area contributed by atoms with E-state index in [2.05, 4.69) is 17.0 Å². The smallest absolute Gasteiger partial charge is 0.118 e. The van der Waals surface area contributed by atoms with Gasteiger partial charge in [0, 0.05) is 28.3 Å². The van der Waals surface area contributed by atoms with Crippen molar-refractivity contribution in [3.63, 3.8) is 0 Å². The molecule has 3 aromatic rings. The number of thioether (sulfide) groups is 1. The first-order chi connectivity index (χ1) is 15.3. The molecule has 2 aromatic carbocycles. The minimum atomic E-state index is 0.659. The second-order valence-corrected chi connectivity index (χ2v) is 8.82. The van der Waals surface area contributed by atoms with Crippen molar-refractivity contribution in [2.24, 2.45) is 0 Å². The minimum absolute atomic E-state index is 0.659. The number of nitriles is 1. The molecule has 0 bridgehead atoms. The van der Waals surface area contributed by atoms with Crippen LogP contribution < -0.4 is 4.74 Å². The zero-order valence-electron chi connectivity index (χ0n) is 17.9. The van der Waals surface area contributed by atoms with Crippen LogP contribution >= 0.6 is 11.8 Å². The fourth-order valence-electron chi connectivity index (χ4n) is 3.93. The summed E-state index contributed by atoms with van der Waals surface area (Å²) in [6, 6.07) is 22.4. The van der Waals surface area contributed by atoms with Crippen molar-refractivity contribution in [1.82, 2.24) is 9.88 Å². The molecule has 0 N–H and O–H groups in total. The van der Waals surface area contributed by atoms with E-state index in [0.717, 1.165) is 45.5 Å². The molecule has 0 amide bonds. The molecule has 0 spiro atoms. The van der Waals surface area contributed by atoms with Crippen LogP contribution in [0.15, 0.2) is 65.6 Å². The summed E-state index contributed by atoms with van der Waals surface area (Å²) in [7, 11) is 1.67. The number of likely N-dealkylation sites (tertiary alicyclic amines) is 1. The highest BCUT2D eigenvalue weighted by Crippen LogP contribution is 2.34. The van der Waals surface area contributed by atoms with Crippen LogP contribution in [0.5, 0.6) is 5.75 Å². The molecule has 4 nitrogen and oxygen atoms in total. The Labute approximate surface area is 188 Å². The van der Waals surface area contributed by atoms with Crippen molar-refractivity contribution < 1.29 is 4.74 Å². The van der Waals surface area contributed by atoms with Gasteiger partial charge in [0.25, 0.3) is 0 Å². The number of hydrogen-bond acceptors (Lipinski definition) is 5. The van der Waals surface area contributed by atoms with Crippen LogP contribution in [0.2, 0.25) is 0 Å². The van der Waals surface area contributed by atoms with Crippen molar-refractivity contribution >= 4 is 11.8 Å². The van der Waals surface area contributed by atoms with Gasteiger partial charge in [-0.05, 0) is 56.3 Å². The summed E-state index contributed by atoms with van der Waals surface area (Å²) < 4.78 is 5.30. The lowest BCUT2D eigenvalue weighted by atomic mass is 10.0. The van der Waals surface area contributed by atoms with E-state index in [4.69, 9.17) is 9.72 Å². The fraction of sp³-hybridized carbons (Fsp3) is 0.308. The predicted octanol–water partition coefficient (Wildman–Crippen LogP) is 5.87. The molecule has 0 radical (unpaired) electrons. The molecule has 0 unspecified atom stereocenters. The van der Waals surface area contributed by atoms with E-state index in [1.807, 2.05) is 54.6 Å². The van der Waals surface area contributed by atoms with Crippen LogP contribution in [0.3, 0.4) is 0 Å². The lowest BCUT2D eigenvalue weighted by molar-refractivity contribution is 0.242. The molecule has 0 atom stereocenters. The molecule has 1 aliphatic heterocycles. The molecule has 1 aromatic heterocycles. The molecule has 158 valence electrons. The predicted molar refractivity (Wildman–Crippen MR) is 127 cm³/mol. The zero-order valence-corrected chi connectivity index (χ0v) is 18.7. The highest BCUT2D eigenvalue weighted by molar-refractivity contribution is 7.99. The van der Waals surface area contributed by atoms with Crippen molar-refractivity contribution in [2.45, 2.75) is 24.2 Å². The maximum atomic E-state index is 10.0. The Balaban J connectivity index is 1.68. The Morgan fingerprint density at radius 1 is 1.00 bits per heavy atom. The number of rotatable bonds is 7. The average Bonchev–Trinajstić information content (AvgIpc) is 2.85. The Bertz CT molecular complexity index is 1040. The SMILES string of the molecule is COc1ccc(-c2cc(SCCN3CCCCC3)c(C#N)c(-c3ccccc3)n2)cc1. The molecule has 1 aliphatic rings. The van der Waals surface area contributed by atoms with Gasteiger partial charge in [0.05, 0.1) is 24.1 Å². The third-order valence-corrected chi connectivity index (χ3v) is 6.66. The molecule has 0 saturated carbocycles. The Morgan fingerprint density at radius 3 is 2.42 bits per heavy atom. The lowest BCUT2D eigenvalue weighted by Crippen LogP contribution is -2.31. The summed E-state index contributed by atoms with van der Waals surface area (Å²) in [5, 5.41) is 10.0. The second-order valence-electron chi connectivity index (χ2n) is 7.69. The average molecular weight is 430 g/mol. The number of nitrogens with zero attached hydrogens (tertiary/aromatic N) is 3. The number of methoxy groups -OCH3 is 1. The Morgan fingerprint density at radius 2 is 1.74 bits per heavy atom. The number of ether oxygens (including phenoxy) is 1. The molecule has 1 saturated heterocycles. The van der Waals surface area contributed by atoms with Gasteiger partial charge in [-0.15, -0.1) is 11.8 Å². The minimum Gasteiger partial charge on any atom is -0.497 e. The molecular formula is C26H27N3OS. The quantitative estimate of drug-likeness (QED) is 0.439. The van der Waals surface area contributed by atoms with Crippen molar-refractivity contribution in [3.05, 3.63) is 66.2 Å². The second kappa shape index (κ2) is 10.5. The van der Waals surface area contributed by atoms with Crippen molar-refractivity contribution in [2.75, 3.05) is 32.5 Å². The van der Waals surface area contributed by atoms with Crippen LogP contribution in [-0.2, 0) is 0 Å². The zero-order chi connectivity index (χ0) is 21.5. The van der Waals surface area contributed by atoms with E-state index in [9.17, 15) is 5.26 Å². The molecular weight excluding hydrogens is 402 g/mol. The third kappa shape index (κ3) is 5.28. The topological polar surface area (TPSA) is 49.1 Å². The van der Waals surface area contributed by atoms with Crippen molar-refractivity contribution in [3.8, 4) is 34.3 Å². The standard InChI is InChI=1S/C26H27N3OS/c1-30-22-12-10-20(11-13-22)24-18-25(31-17-16-29-14-6-3-7-15-29)23(19-27)26(28-24)21-8-4-2-5-9-21/h2,4-5,8-13,18H,3,6-7,14-17H2,1H3. The fourth-order valence-corrected chi connectivity index (χ4v) is 4.98. The van der Waals surface area contributed by atoms with E-state index in [1.165, 1.54) is 32.4 Å². The molecule has 0 aliphatic carbocycles. The number of pyridine rings is 1. The van der Waals surface area contributed by atoms with Gasteiger partial charge in [-0.3, -0.25) is 0 Å². The molecule has 31 heavy (non-hydrogen) atoms. The molecule has 2 heterocycles. The summed E-state index contributed by atoms with van der Waals surface area (Å²) in [5.74, 6) is 1.78. The number of aromatic nitrogens is 1. The summed E-state index contributed by atoms with van der Waals surface area (Å²) in [6.45, 7) is 3.43. The van der Waals surface area contributed by atoms with Gasteiger partial charge in [-0.25, -0.2) is 4.98 Å². The van der Waals surface area contributed by atoms with Crippen LogP contribution in [0.25, 0.3) is 22.5 Å². The van der Waals surface area contributed by atoms with E-state index in [1.54, 1.807) is 18.9 Å².